The molecule has 6 N–H and O–H groups in total. The molecule has 3 aromatic carbocycles. The van der Waals surface area contributed by atoms with Crippen molar-refractivity contribution in [1.82, 2.24) is 36.1 Å². The number of rotatable bonds is 15. The molecule has 0 bridgehead atoms. The Labute approximate surface area is 350 Å². The van der Waals surface area contributed by atoms with Crippen molar-refractivity contribution in [3.63, 3.8) is 0 Å². The highest BCUT2D eigenvalue weighted by molar-refractivity contribution is 6.25. The lowest BCUT2D eigenvalue weighted by Crippen LogP contribution is -2.54. The number of nitrogens with one attached hydrogen (secondary N) is 6. The van der Waals surface area contributed by atoms with Crippen LogP contribution in [0.4, 0.5) is 17.1 Å². The third-order valence-corrected chi connectivity index (χ3v) is 10.4. The summed E-state index contributed by atoms with van der Waals surface area (Å²) in [5, 5.41) is 17.6. The number of hydrogen-bond donors (Lipinski definition) is 6. The quantitative estimate of drug-likeness (QED) is 0.0652. The third kappa shape index (κ3) is 8.71. The number of imide groups is 2. The number of nitrogens with zero attached hydrogens (tertiary/aromatic N) is 3. The summed E-state index contributed by atoms with van der Waals surface area (Å²) in [5.41, 5.74) is 4.33. The third-order valence-electron chi connectivity index (χ3n) is 10.4. The van der Waals surface area contributed by atoms with Gasteiger partial charge in [0.25, 0.3) is 23.6 Å². The van der Waals surface area contributed by atoms with Gasteiger partial charge in [-0.2, -0.15) is 0 Å². The summed E-state index contributed by atoms with van der Waals surface area (Å²) in [5.74, 6) is -2.97. The fourth-order valence-electron chi connectivity index (χ4n) is 7.25. The number of aromatic nitrogens is 2. The minimum Gasteiger partial charge on any atom is -0.496 e. The minimum atomic E-state index is -1.10. The lowest BCUT2D eigenvalue weighted by Gasteiger charge is -2.27. The van der Waals surface area contributed by atoms with Gasteiger partial charge in [-0.25, -0.2) is 0 Å². The maximum Gasteiger partial charge on any atom is 0.269 e. The van der Waals surface area contributed by atoms with Gasteiger partial charge in [-0.3, -0.25) is 53.7 Å². The minimum absolute atomic E-state index is 0.00668. The number of carbonyl (C=O) groups excluding carboxylic acids is 7. The van der Waals surface area contributed by atoms with Crippen molar-refractivity contribution in [3.05, 3.63) is 108 Å². The van der Waals surface area contributed by atoms with Crippen molar-refractivity contribution in [2.45, 2.75) is 44.7 Å². The number of hydrogen-bond acceptors (Lipinski definition) is 12. The SMILES string of the molecule is CNC(=O)c1cnc2cc(OC)c(-c3ccc(C(=O)NCCCCNC(=O)C(C)Nc4cccc5c4C(=O)N(C4CCC(=O)NC4=O)C5=O)nc3)cc2c1Nc1ccccc1. The van der Waals surface area contributed by atoms with Crippen molar-refractivity contribution < 1.29 is 38.3 Å². The molecule has 17 nitrogen and oxygen atoms in total. The summed E-state index contributed by atoms with van der Waals surface area (Å²) in [7, 11) is 3.11. The molecule has 61 heavy (non-hydrogen) atoms. The number of para-hydroxylation sites is 1. The smallest absolute Gasteiger partial charge is 0.269 e. The number of fused-ring (bicyclic) bond motifs is 2. The molecule has 1 fully saturated rings. The maximum atomic E-state index is 13.4. The predicted octanol–water partition coefficient (Wildman–Crippen LogP) is 3.94. The summed E-state index contributed by atoms with van der Waals surface area (Å²) in [6, 6.07) is 19.3. The van der Waals surface area contributed by atoms with Crippen LogP contribution in [0.25, 0.3) is 22.0 Å². The first kappa shape index (κ1) is 41.5. The van der Waals surface area contributed by atoms with Crippen LogP contribution in [-0.2, 0) is 14.4 Å². The molecule has 4 heterocycles. The van der Waals surface area contributed by atoms with Crippen LogP contribution in [-0.4, -0.2) is 95.5 Å². The first-order valence-corrected chi connectivity index (χ1v) is 19.7. The fourth-order valence-corrected chi connectivity index (χ4v) is 7.25. The van der Waals surface area contributed by atoms with Gasteiger partial charge in [0.05, 0.1) is 35.0 Å². The molecule has 2 aliphatic heterocycles. The topological polar surface area (TPSA) is 230 Å². The van der Waals surface area contributed by atoms with E-state index in [1.165, 1.54) is 12.3 Å². The zero-order valence-electron chi connectivity index (χ0n) is 33.6. The molecule has 0 radical (unpaired) electrons. The van der Waals surface area contributed by atoms with E-state index in [0.717, 1.165) is 10.6 Å². The van der Waals surface area contributed by atoms with Crippen LogP contribution in [0.15, 0.2) is 85.2 Å². The van der Waals surface area contributed by atoms with Crippen LogP contribution in [0.5, 0.6) is 5.75 Å². The lowest BCUT2D eigenvalue weighted by molar-refractivity contribution is -0.136. The molecule has 7 amide bonds. The molecule has 5 aromatic rings. The second-order valence-corrected chi connectivity index (χ2v) is 14.4. The summed E-state index contributed by atoms with van der Waals surface area (Å²) in [6.07, 6.45) is 4.25. The average Bonchev–Trinajstić information content (AvgIpc) is 3.53. The summed E-state index contributed by atoms with van der Waals surface area (Å²) in [6.45, 7) is 2.26. The summed E-state index contributed by atoms with van der Waals surface area (Å²) < 4.78 is 5.71. The number of anilines is 3. The number of ether oxygens (including phenoxy) is 1. The monoisotopic (exact) mass is 825 g/mol. The van der Waals surface area contributed by atoms with Crippen LogP contribution in [0.1, 0.15) is 74.2 Å². The fraction of sp³-hybridized carbons (Fsp3) is 0.250. The Morgan fingerprint density at radius 2 is 1.64 bits per heavy atom. The summed E-state index contributed by atoms with van der Waals surface area (Å²) >= 11 is 0. The molecule has 0 spiro atoms. The second-order valence-electron chi connectivity index (χ2n) is 14.4. The Bertz CT molecular complexity index is 2560. The maximum absolute atomic E-state index is 13.4. The molecule has 2 aliphatic rings. The van der Waals surface area contributed by atoms with E-state index in [1.807, 2.05) is 36.4 Å². The van der Waals surface area contributed by atoms with Crippen molar-refractivity contribution >= 4 is 69.3 Å². The van der Waals surface area contributed by atoms with Gasteiger partial charge < -0.3 is 31.3 Å². The number of methoxy groups -OCH3 is 1. The number of unbranched alkanes of at least 4 members (excludes halogenated alkanes) is 1. The van der Waals surface area contributed by atoms with Crippen LogP contribution >= 0.6 is 0 Å². The van der Waals surface area contributed by atoms with Crippen LogP contribution in [0.2, 0.25) is 0 Å². The number of pyridine rings is 2. The van der Waals surface area contributed by atoms with Crippen LogP contribution < -0.4 is 36.6 Å². The molecule has 7 rings (SSSR count). The van der Waals surface area contributed by atoms with Gasteiger partial charge in [-0.05, 0) is 62.6 Å². The molecule has 2 unspecified atom stereocenters. The Balaban J connectivity index is 0.917. The van der Waals surface area contributed by atoms with Gasteiger partial charge in [-0.1, -0.05) is 30.3 Å². The van der Waals surface area contributed by atoms with Crippen molar-refractivity contribution in [2.24, 2.45) is 0 Å². The van der Waals surface area contributed by atoms with Gasteiger partial charge >= 0.3 is 0 Å². The van der Waals surface area contributed by atoms with E-state index in [0.29, 0.717) is 65.0 Å². The van der Waals surface area contributed by atoms with E-state index < -0.39 is 35.7 Å². The molecule has 1 saturated heterocycles. The summed E-state index contributed by atoms with van der Waals surface area (Å²) in [4.78, 5) is 99.3. The molecule has 17 heteroatoms. The van der Waals surface area contributed by atoms with Crippen molar-refractivity contribution in [1.29, 1.82) is 0 Å². The second kappa shape index (κ2) is 18.1. The van der Waals surface area contributed by atoms with E-state index in [4.69, 9.17) is 4.74 Å². The van der Waals surface area contributed by atoms with E-state index in [1.54, 1.807) is 57.6 Å². The number of amides is 7. The Morgan fingerprint density at radius 3 is 2.34 bits per heavy atom. The number of piperidine rings is 1. The van der Waals surface area contributed by atoms with E-state index in [-0.39, 0.29) is 53.1 Å². The number of carbonyl (C=O) groups is 7. The van der Waals surface area contributed by atoms with Crippen LogP contribution in [0, 0.1) is 0 Å². The predicted molar refractivity (Wildman–Crippen MR) is 225 cm³/mol. The average molecular weight is 826 g/mol. The molecule has 0 saturated carbocycles. The first-order chi connectivity index (χ1) is 29.5. The van der Waals surface area contributed by atoms with Crippen molar-refractivity contribution in [3.8, 4) is 16.9 Å². The largest absolute Gasteiger partial charge is 0.496 e. The lowest BCUT2D eigenvalue weighted by atomic mass is 10.0. The van der Waals surface area contributed by atoms with Gasteiger partial charge in [0.15, 0.2) is 0 Å². The number of benzene rings is 3. The van der Waals surface area contributed by atoms with Gasteiger partial charge in [0.1, 0.15) is 23.5 Å². The Kier molecular flexibility index (Phi) is 12.3. The first-order valence-electron chi connectivity index (χ1n) is 19.7. The normalized spacial score (nSPS) is 15.1. The van der Waals surface area contributed by atoms with E-state index in [9.17, 15) is 33.6 Å². The zero-order valence-corrected chi connectivity index (χ0v) is 33.6. The van der Waals surface area contributed by atoms with E-state index in [2.05, 4.69) is 41.9 Å². The highest BCUT2D eigenvalue weighted by Crippen LogP contribution is 2.38. The Hall–Kier alpha value is -7.69. The molecule has 2 atom stereocenters. The van der Waals surface area contributed by atoms with Gasteiger partial charge in [0, 0.05) is 72.9 Å². The molecule has 2 aromatic heterocycles. The molecular formula is C44H43N9O8. The highest BCUT2D eigenvalue weighted by atomic mass is 16.5. The standard InChI is InChI=1S/C44H43N9O8/c1-24(50-31-13-9-12-27-37(31)44(60)53(43(27)59)34-16-17-36(54)52-42(34)58)39(55)46-18-7-8-19-47-41(57)32-15-14-25(22-48-32)28-20-29-33(21-35(28)61-3)49-23-30(40(56)45-2)38(29)51-26-10-5-4-6-11-26/h4-6,9-15,20-24,34,50H,7-8,16-19H2,1-3H3,(H,45,56)(H,46,55)(H,47,57)(H,49,51)(H,52,54,58). The molecule has 0 aliphatic carbocycles. The van der Waals surface area contributed by atoms with E-state index >= 15 is 0 Å². The van der Waals surface area contributed by atoms with Crippen molar-refractivity contribution in [2.75, 3.05) is 37.9 Å². The van der Waals surface area contributed by atoms with Gasteiger partial charge in [0.2, 0.25) is 17.7 Å². The Morgan fingerprint density at radius 1 is 0.869 bits per heavy atom. The zero-order chi connectivity index (χ0) is 43.2. The molecule has 312 valence electrons. The molecular weight excluding hydrogens is 783 g/mol. The van der Waals surface area contributed by atoms with Gasteiger partial charge in [-0.15, -0.1) is 0 Å². The highest BCUT2D eigenvalue weighted by Gasteiger charge is 2.45. The van der Waals surface area contributed by atoms with Crippen LogP contribution in [0.3, 0.4) is 0 Å².